The number of ether oxygens (including phenoxy) is 1. The van der Waals surface area contributed by atoms with Gasteiger partial charge in [0.2, 0.25) is 0 Å². The van der Waals surface area contributed by atoms with Crippen LogP contribution in [0.25, 0.3) is 0 Å². The Kier molecular flexibility index (Phi) is 5.79. The maximum atomic E-state index is 6.82. The number of aryl methyl sites for hydroxylation is 2. The Morgan fingerprint density at radius 1 is 0.548 bits per heavy atom. The molecule has 0 saturated carbocycles. The van der Waals surface area contributed by atoms with Crippen LogP contribution in [0.5, 0.6) is 11.5 Å². The zero-order valence-corrected chi connectivity index (χ0v) is 23.8. The lowest BCUT2D eigenvalue weighted by atomic mass is 9.33. The second-order valence-electron chi connectivity index (χ2n) is 11.5. The Balaban J connectivity index is 1.46. The Hall–Kier alpha value is -5.02. The summed E-state index contributed by atoms with van der Waals surface area (Å²) < 4.78 is 6.82. The molecule has 0 atom stereocenters. The van der Waals surface area contributed by atoms with E-state index >= 15 is 0 Å². The Labute approximate surface area is 247 Å². The van der Waals surface area contributed by atoms with Gasteiger partial charge in [0, 0.05) is 23.0 Å². The molecule has 0 fully saturated rings. The molecule has 6 aromatic rings. The summed E-state index contributed by atoms with van der Waals surface area (Å²) in [7, 11) is 0. The van der Waals surface area contributed by atoms with Gasteiger partial charge >= 0.3 is 0 Å². The molecule has 42 heavy (non-hydrogen) atoms. The fourth-order valence-electron chi connectivity index (χ4n) is 7.11. The number of para-hydroxylation sites is 2. The van der Waals surface area contributed by atoms with Gasteiger partial charge in [-0.05, 0) is 88.9 Å². The predicted molar refractivity (Wildman–Crippen MR) is 176 cm³/mol. The van der Waals surface area contributed by atoms with Crippen molar-refractivity contribution in [2.24, 2.45) is 0 Å². The third kappa shape index (κ3) is 3.88. The molecule has 0 unspecified atom stereocenters. The molecule has 2 aliphatic rings. The molecule has 0 bridgehead atoms. The van der Waals surface area contributed by atoms with E-state index in [2.05, 4.69) is 158 Å². The number of rotatable bonds is 4. The topological polar surface area (TPSA) is 12.5 Å². The van der Waals surface area contributed by atoms with Gasteiger partial charge in [-0.15, -0.1) is 0 Å². The van der Waals surface area contributed by atoms with Gasteiger partial charge in [0.25, 0.3) is 6.71 Å². The zero-order chi connectivity index (χ0) is 28.2. The van der Waals surface area contributed by atoms with Crippen molar-refractivity contribution in [1.82, 2.24) is 0 Å². The second kappa shape index (κ2) is 9.82. The summed E-state index contributed by atoms with van der Waals surface area (Å²) in [5.41, 5.74) is 13.7. The standard InChI is InChI=1S/C39H30BNO/c1-26-22-27(2)38-33(23-26)41(31-18-10-5-11-19-31)34-24-30(25-36-39(34)40(38)32-20-12-13-21-35(32)42-36)37(28-14-6-3-7-15-28)29-16-8-4-9-17-29/h3-25,37H,1-2H3. The minimum atomic E-state index is 0.0615. The molecular weight excluding hydrogens is 509 g/mol. The van der Waals surface area contributed by atoms with E-state index in [1.54, 1.807) is 0 Å². The summed E-state index contributed by atoms with van der Waals surface area (Å²) in [4.78, 5) is 2.46. The van der Waals surface area contributed by atoms with Crippen molar-refractivity contribution in [2.75, 3.05) is 4.90 Å². The molecule has 8 rings (SSSR count). The van der Waals surface area contributed by atoms with Gasteiger partial charge in [-0.3, -0.25) is 0 Å². The summed E-state index contributed by atoms with van der Waals surface area (Å²) in [5, 5.41) is 0. The number of anilines is 3. The number of nitrogens with zero attached hydrogens (tertiary/aromatic N) is 1. The van der Waals surface area contributed by atoms with E-state index in [1.165, 1.54) is 55.6 Å². The van der Waals surface area contributed by atoms with Crippen LogP contribution in [0.3, 0.4) is 0 Å². The van der Waals surface area contributed by atoms with E-state index in [0.717, 1.165) is 17.2 Å². The van der Waals surface area contributed by atoms with E-state index in [1.807, 2.05) is 0 Å². The van der Waals surface area contributed by atoms with Crippen LogP contribution in [0.2, 0.25) is 0 Å². The summed E-state index contributed by atoms with van der Waals surface area (Å²) in [5.74, 6) is 1.94. The monoisotopic (exact) mass is 539 g/mol. The van der Waals surface area contributed by atoms with Crippen LogP contribution in [0, 0.1) is 13.8 Å². The third-order valence-electron chi connectivity index (χ3n) is 8.77. The maximum Gasteiger partial charge on any atom is 0.256 e. The normalized spacial score (nSPS) is 12.8. The Bertz CT molecular complexity index is 1900. The molecule has 2 nitrogen and oxygen atoms in total. The highest BCUT2D eigenvalue weighted by atomic mass is 16.5. The first kappa shape index (κ1) is 24.8. The minimum Gasteiger partial charge on any atom is -0.458 e. The van der Waals surface area contributed by atoms with E-state index in [0.29, 0.717) is 0 Å². The Morgan fingerprint density at radius 3 is 1.83 bits per heavy atom. The average Bonchev–Trinajstić information content (AvgIpc) is 3.02. The molecule has 0 aromatic heterocycles. The third-order valence-corrected chi connectivity index (χ3v) is 8.77. The van der Waals surface area contributed by atoms with Crippen LogP contribution in [-0.2, 0) is 0 Å². The molecule has 0 aliphatic carbocycles. The van der Waals surface area contributed by atoms with Crippen molar-refractivity contribution >= 4 is 40.2 Å². The van der Waals surface area contributed by atoms with Crippen molar-refractivity contribution in [3.8, 4) is 11.5 Å². The lowest BCUT2D eigenvalue weighted by Gasteiger charge is -2.41. The molecular formula is C39H30BNO. The molecule has 0 saturated heterocycles. The average molecular weight is 539 g/mol. The van der Waals surface area contributed by atoms with Crippen molar-refractivity contribution in [2.45, 2.75) is 19.8 Å². The summed E-state index contributed by atoms with van der Waals surface area (Å²) in [6.45, 7) is 4.55. The highest BCUT2D eigenvalue weighted by Crippen LogP contribution is 2.44. The van der Waals surface area contributed by atoms with Gasteiger partial charge in [-0.2, -0.15) is 0 Å². The highest BCUT2D eigenvalue weighted by molar-refractivity contribution is 6.99. The lowest BCUT2D eigenvalue weighted by molar-refractivity contribution is 0.486. The Morgan fingerprint density at radius 2 is 1.14 bits per heavy atom. The second-order valence-corrected chi connectivity index (χ2v) is 11.5. The van der Waals surface area contributed by atoms with Crippen LogP contribution in [0.1, 0.15) is 33.7 Å². The van der Waals surface area contributed by atoms with E-state index < -0.39 is 0 Å². The van der Waals surface area contributed by atoms with Crippen molar-refractivity contribution < 1.29 is 4.74 Å². The largest absolute Gasteiger partial charge is 0.458 e. The van der Waals surface area contributed by atoms with Gasteiger partial charge in [0.05, 0.1) is 0 Å². The van der Waals surface area contributed by atoms with Crippen molar-refractivity contribution in [1.29, 1.82) is 0 Å². The van der Waals surface area contributed by atoms with Gasteiger partial charge in [0.1, 0.15) is 11.5 Å². The van der Waals surface area contributed by atoms with Crippen molar-refractivity contribution in [3.63, 3.8) is 0 Å². The first-order chi connectivity index (χ1) is 20.7. The van der Waals surface area contributed by atoms with E-state index in [-0.39, 0.29) is 12.6 Å². The molecule has 0 spiro atoms. The van der Waals surface area contributed by atoms with Crippen LogP contribution in [-0.4, -0.2) is 6.71 Å². The highest BCUT2D eigenvalue weighted by Gasteiger charge is 2.43. The van der Waals surface area contributed by atoms with E-state index in [9.17, 15) is 0 Å². The number of fused-ring (bicyclic) bond motifs is 4. The number of benzene rings is 6. The number of hydrogen-bond donors (Lipinski definition) is 0. The fraction of sp³-hybridized carbons (Fsp3) is 0.0769. The van der Waals surface area contributed by atoms with E-state index in [4.69, 9.17) is 4.74 Å². The van der Waals surface area contributed by atoms with Crippen LogP contribution in [0.4, 0.5) is 17.1 Å². The molecule has 3 heteroatoms. The summed E-state index contributed by atoms with van der Waals surface area (Å²) >= 11 is 0. The van der Waals surface area contributed by atoms with Gasteiger partial charge in [-0.1, -0.05) is 109 Å². The minimum absolute atomic E-state index is 0.0615. The molecule has 0 N–H and O–H groups in total. The quantitative estimate of drug-likeness (QED) is 0.167. The first-order valence-corrected chi connectivity index (χ1v) is 14.7. The molecule has 2 aliphatic heterocycles. The summed E-state index contributed by atoms with van der Waals surface area (Å²) in [6.07, 6.45) is 0. The van der Waals surface area contributed by atoms with Gasteiger partial charge < -0.3 is 9.64 Å². The zero-order valence-electron chi connectivity index (χ0n) is 23.8. The molecule has 0 amide bonds. The lowest BCUT2D eigenvalue weighted by Crippen LogP contribution is -2.60. The SMILES string of the molecule is Cc1cc(C)c2c(c1)N(c1ccccc1)c1cc(C(c3ccccc3)c3ccccc3)cc3c1B2c1ccccc1O3. The molecule has 2 heterocycles. The maximum absolute atomic E-state index is 6.82. The fourth-order valence-corrected chi connectivity index (χ4v) is 7.11. The smallest absolute Gasteiger partial charge is 0.256 e. The summed E-state index contributed by atoms with van der Waals surface area (Å²) in [6, 6.07) is 50.4. The molecule has 0 radical (unpaired) electrons. The van der Waals surface area contributed by atoms with Gasteiger partial charge in [-0.25, -0.2) is 0 Å². The number of hydrogen-bond acceptors (Lipinski definition) is 2. The first-order valence-electron chi connectivity index (χ1n) is 14.7. The van der Waals surface area contributed by atoms with Crippen LogP contribution < -0.4 is 26.0 Å². The predicted octanol–water partition coefficient (Wildman–Crippen LogP) is 7.89. The van der Waals surface area contributed by atoms with Crippen LogP contribution in [0.15, 0.2) is 140 Å². The molecule has 200 valence electrons. The van der Waals surface area contributed by atoms with Crippen molar-refractivity contribution in [3.05, 3.63) is 167 Å². The molecule has 6 aromatic carbocycles. The van der Waals surface area contributed by atoms with Crippen LogP contribution >= 0.6 is 0 Å². The van der Waals surface area contributed by atoms with Gasteiger partial charge in [0.15, 0.2) is 0 Å².